The molecule has 0 rings (SSSR count). The summed E-state index contributed by atoms with van der Waals surface area (Å²) in [6.45, 7) is 9.66. The van der Waals surface area contributed by atoms with Crippen LogP contribution in [0, 0.1) is 5.92 Å². The van der Waals surface area contributed by atoms with Crippen molar-refractivity contribution in [2.45, 2.75) is 33.2 Å². The summed E-state index contributed by atoms with van der Waals surface area (Å²) in [5.41, 5.74) is 0. The summed E-state index contributed by atoms with van der Waals surface area (Å²) in [5, 5.41) is 6.62. The SMILES string of the molecule is CCOCCNC(=NC)NCC(CC(C)C)N(C)C.I. The highest BCUT2D eigenvalue weighted by molar-refractivity contribution is 14.0. The van der Waals surface area contributed by atoms with Gasteiger partial charge in [0, 0.05) is 32.8 Å². The summed E-state index contributed by atoms with van der Waals surface area (Å²) in [4.78, 5) is 6.48. The highest BCUT2D eigenvalue weighted by atomic mass is 127. The summed E-state index contributed by atoms with van der Waals surface area (Å²) in [7, 11) is 6.04. The lowest BCUT2D eigenvalue weighted by Crippen LogP contribution is -2.46. The molecule has 0 aromatic carbocycles. The van der Waals surface area contributed by atoms with Crippen molar-refractivity contribution in [3.8, 4) is 0 Å². The smallest absolute Gasteiger partial charge is 0.191 e. The van der Waals surface area contributed by atoms with Gasteiger partial charge in [0.15, 0.2) is 5.96 Å². The maximum atomic E-state index is 5.29. The van der Waals surface area contributed by atoms with Crippen molar-refractivity contribution in [2.24, 2.45) is 10.9 Å². The van der Waals surface area contributed by atoms with Gasteiger partial charge in [-0.2, -0.15) is 0 Å². The second-order valence-electron chi connectivity index (χ2n) is 5.32. The molecule has 0 aliphatic carbocycles. The van der Waals surface area contributed by atoms with E-state index in [1.165, 1.54) is 6.42 Å². The Morgan fingerprint density at radius 1 is 1.25 bits per heavy atom. The molecule has 0 aliphatic rings. The van der Waals surface area contributed by atoms with Crippen LogP contribution >= 0.6 is 24.0 Å². The van der Waals surface area contributed by atoms with E-state index in [2.05, 4.69) is 48.5 Å². The molecule has 0 saturated heterocycles. The summed E-state index contributed by atoms with van der Waals surface area (Å²) in [6.07, 6.45) is 1.18. The summed E-state index contributed by atoms with van der Waals surface area (Å²) < 4.78 is 5.29. The molecule has 0 aromatic heterocycles. The van der Waals surface area contributed by atoms with Crippen LogP contribution in [0.2, 0.25) is 0 Å². The van der Waals surface area contributed by atoms with Crippen molar-refractivity contribution in [1.29, 1.82) is 0 Å². The van der Waals surface area contributed by atoms with Crippen LogP contribution in [-0.2, 0) is 4.74 Å². The number of rotatable bonds is 9. The predicted molar refractivity (Wildman–Crippen MR) is 98.2 cm³/mol. The van der Waals surface area contributed by atoms with E-state index in [0.29, 0.717) is 18.6 Å². The Morgan fingerprint density at radius 2 is 1.90 bits per heavy atom. The molecule has 0 radical (unpaired) electrons. The van der Waals surface area contributed by atoms with Crippen molar-refractivity contribution in [3.05, 3.63) is 0 Å². The van der Waals surface area contributed by atoms with Crippen LogP contribution in [0.5, 0.6) is 0 Å². The molecule has 1 unspecified atom stereocenters. The van der Waals surface area contributed by atoms with Gasteiger partial charge in [-0.15, -0.1) is 24.0 Å². The number of nitrogens with one attached hydrogen (secondary N) is 2. The van der Waals surface area contributed by atoms with Gasteiger partial charge in [-0.25, -0.2) is 0 Å². The molecule has 0 aromatic rings. The Morgan fingerprint density at radius 3 is 2.35 bits per heavy atom. The van der Waals surface area contributed by atoms with E-state index in [9.17, 15) is 0 Å². The van der Waals surface area contributed by atoms with Crippen molar-refractivity contribution in [2.75, 3.05) is 47.4 Å². The maximum Gasteiger partial charge on any atom is 0.191 e. The summed E-state index contributed by atoms with van der Waals surface area (Å²) in [6, 6.07) is 0.519. The Balaban J connectivity index is 0. The minimum atomic E-state index is 0. The molecule has 5 nitrogen and oxygen atoms in total. The van der Waals surface area contributed by atoms with Gasteiger partial charge in [-0.1, -0.05) is 13.8 Å². The van der Waals surface area contributed by atoms with Crippen LogP contribution < -0.4 is 10.6 Å². The zero-order valence-electron chi connectivity index (χ0n) is 13.9. The quantitative estimate of drug-likeness (QED) is 0.268. The highest BCUT2D eigenvalue weighted by Gasteiger charge is 2.13. The van der Waals surface area contributed by atoms with E-state index in [1.54, 1.807) is 7.05 Å². The number of aliphatic imine (C=N–C) groups is 1. The first kappa shape index (κ1) is 22.2. The topological polar surface area (TPSA) is 48.9 Å². The Kier molecular flexibility index (Phi) is 15.4. The van der Waals surface area contributed by atoms with E-state index in [1.807, 2.05) is 6.92 Å². The molecule has 0 heterocycles. The molecular formula is C14H33IN4O. The summed E-state index contributed by atoms with van der Waals surface area (Å²) >= 11 is 0. The van der Waals surface area contributed by atoms with Gasteiger partial charge in [0.05, 0.1) is 6.61 Å². The third-order valence-corrected chi connectivity index (χ3v) is 2.95. The van der Waals surface area contributed by atoms with Gasteiger partial charge < -0.3 is 20.3 Å². The van der Waals surface area contributed by atoms with Crippen molar-refractivity contribution in [1.82, 2.24) is 15.5 Å². The Bertz CT molecular complexity index is 247. The lowest BCUT2D eigenvalue weighted by atomic mass is 10.0. The average molecular weight is 400 g/mol. The second-order valence-corrected chi connectivity index (χ2v) is 5.32. The van der Waals surface area contributed by atoms with E-state index >= 15 is 0 Å². The van der Waals surface area contributed by atoms with Crippen LogP contribution in [0.1, 0.15) is 27.2 Å². The van der Waals surface area contributed by atoms with Gasteiger partial charge in [0.25, 0.3) is 0 Å². The number of hydrogen-bond acceptors (Lipinski definition) is 3. The molecule has 2 N–H and O–H groups in total. The van der Waals surface area contributed by atoms with E-state index in [4.69, 9.17) is 4.74 Å². The normalized spacial score (nSPS) is 13.3. The second kappa shape index (κ2) is 13.9. The zero-order valence-corrected chi connectivity index (χ0v) is 16.2. The molecule has 0 aliphatic heterocycles. The van der Waals surface area contributed by atoms with Crippen LogP contribution in [-0.4, -0.2) is 64.3 Å². The number of nitrogens with zero attached hydrogens (tertiary/aromatic N) is 2. The third kappa shape index (κ3) is 11.7. The third-order valence-electron chi connectivity index (χ3n) is 2.95. The molecular weight excluding hydrogens is 367 g/mol. The molecule has 6 heteroatoms. The lowest BCUT2D eigenvalue weighted by molar-refractivity contribution is 0.152. The van der Waals surface area contributed by atoms with Crippen LogP contribution in [0.25, 0.3) is 0 Å². The number of halogens is 1. The van der Waals surface area contributed by atoms with Crippen LogP contribution in [0.15, 0.2) is 4.99 Å². The Labute approximate surface area is 141 Å². The monoisotopic (exact) mass is 400 g/mol. The van der Waals surface area contributed by atoms with E-state index in [0.717, 1.165) is 25.7 Å². The van der Waals surface area contributed by atoms with Crippen LogP contribution in [0.4, 0.5) is 0 Å². The van der Waals surface area contributed by atoms with Gasteiger partial charge in [0.1, 0.15) is 0 Å². The lowest BCUT2D eigenvalue weighted by Gasteiger charge is -2.27. The maximum absolute atomic E-state index is 5.29. The molecule has 20 heavy (non-hydrogen) atoms. The molecule has 0 saturated carbocycles. The molecule has 122 valence electrons. The number of ether oxygens (including phenoxy) is 1. The molecule has 0 bridgehead atoms. The molecule has 1 atom stereocenters. The first-order valence-corrected chi connectivity index (χ1v) is 7.19. The van der Waals surface area contributed by atoms with Crippen molar-refractivity contribution < 1.29 is 4.74 Å². The van der Waals surface area contributed by atoms with Crippen molar-refractivity contribution in [3.63, 3.8) is 0 Å². The van der Waals surface area contributed by atoms with Gasteiger partial charge in [-0.05, 0) is 33.4 Å². The fourth-order valence-electron chi connectivity index (χ4n) is 1.84. The summed E-state index contributed by atoms with van der Waals surface area (Å²) in [5.74, 6) is 1.54. The van der Waals surface area contributed by atoms with Gasteiger partial charge >= 0.3 is 0 Å². The van der Waals surface area contributed by atoms with E-state index < -0.39 is 0 Å². The molecule has 0 fully saturated rings. The number of guanidine groups is 1. The molecule has 0 amide bonds. The molecule has 0 spiro atoms. The largest absolute Gasteiger partial charge is 0.380 e. The minimum absolute atomic E-state index is 0. The Hall–Kier alpha value is -0.0800. The fourth-order valence-corrected chi connectivity index (χ4v) is 1.84. The van der Waals surface area contributed by atoms with Crippen LogP contribution in [0.3, 0.4) is 0 Å². The van der Waals surface area contributed by atoms with Crippen molar-refractivity contribution >= 4 is 29.9 Å². The fraction of sp³-hybridized carbons (Fsp3) is 0.929. The predicted octanol–water partition coefficient (Wildman–Crippen LogP) is 1.78. The number of likely N-dealkylation sites (N-methyl/N-ethyl adjacent to an activating group) is 1. The first-order chi connectivity index (χ1) is 9.01. The highest BCUT2D eigenvalue weighted by Crippen LogP contribution is 2.07. The standard InChI is InChI=1S/C14H32N4O.HI/c1-7-19-9-8-16-14(15-4)17-11-13(18(5)6)10-12(2)3;/h12-13H,7-11H2,1-6H3,(H2,15,16,17);1H. The van der Waals surface area contributed by atoms with Gasteiger partial charge in [-0.3, -0.25) is 4.99 Å². The first-order valence-electron chi connectivity index (χ1n) is 7.19. The number of hydrogen-bond donors (Lipinski definition) is 2. The van der Waals surface area contributed by atoms with E-state index in [-0.39, 0.29) is 24.0 Å². The zero-order chi connectivity index (χ0) is 14.7. The van der Waals surface area contributed by atoms with Gasteiger partial charge in [0.2, 0.25) is 0 Å². The average Bonchev–Trinajstić information content (AvgIpc) is 2.35. The minimum Gasteiger partial charge on any atom is -0.380 e.